The highest BCUT2D eigenvalue weighted by Crippen LogP contribution is 2.29. The first-order valence-electron chi connectivity index (χ1n) is 6.75. The second-order valence-electron chi connectivity index (χ2n) is 5.40. The van der Waals surface area contributed by atoms with Crippen LogP contribution >= 0.6 is 15.9 Å². The third-order valence-electron chi connectivity index (χ3n) is 3.76. The summed E-state index contributed by atoms with van der Waals surface area (Å²) < 4.78 is 12.0. The van der Waals surface area contributed by atoms with Crippen LogP contribution in [0.4, 0.5) is 0 Å². The Labute approximate surface area is 123 Å². The molecule has 1 saturated heterocycles. The molecular weight excluding hydrogens is 306 g/mol. The van der Waals surface area contributed by atoms with Crippen LogP contribution in [0, 0.1) is 0 Å². The van der Waals surface area contributed by atoms with E-state index in [2.05, 4.69) is 47.2 Å². The van der Waals surface area contributed by atoms with Crippen LogP contribution in [-0.2, 0) is 4.74 Å². The molecule has 1 aromatic carbocycles. The number of rotatable bonds is 5. The van der Waals surface area contributed by atoms with Gasteiger partial charge in [0.25, 0.3) is 0 Å². The zero-order valence-corrected chi connectivity index (χ0v) is 13.4. The molecule has 0 amide bonds. The molecule has 2 rings (SSSR count). The van der Waals surface area contributed by atoms with E-state index in [1.807, 2.05) is 6.07 Å². The summed E-state index contributed by atoms with van der Waals surface area (Å²) in [5.41, 5.74) is 1.24. The third kappa shape index (κ3) is 3.71. The molecule has 0 spiro atoms. The average molecular weight is 328 g/mol. The van der Waals surface area contributed by atoms with Gasteiger partial charge in [0, 0.05) is 19.2 Å². The number of benzene rings is 1. The number of methoxy groups -OCH3 is 1. The van der Waals surface area contributed by atoms with Crippen LogP contribution < -0.4 is 10.1 Å². The highest BCUT2D eigenvalue weighted by molar-refractivity contribution is 9.10. The lowest BCUT2D eigenvalue weighted by Gasteiger charge is -2.26. The van der Waals surface area contributed by atoms with E-state index in [4.69, 9.17) is 9.47 Å². The van der Waals surface area contributed by atoms with Crippen molar-refractivity contribution in [3.8, 4) is 5.75 Å². The first kappa shape index (κ1) is 14.8. The van der Waals surface area contributed by atoms with Gasteiger partial charge in [0.05, 0.1) is 17.2 Å². The van der Waals surface area contributed by atoms with Crippen molar-refractivity contribution in [2.75, 3.05) is 20.3 Å². The second-order valence-corrected chi connectivity index (χ2v) is 6.25. The Morgan fingerprint density at radius 2 is 2.32 bits per heavy atom. The molecule has 106 valence electrons. The molecule has 1 aliphatic heterocycles. The molecule has 0 aromatic heterocycles. The molecule has 0 bridgehead atoms. The summed E-state index contributed by atoms with van der Waals surface area (Å²) >= 11 is 3.53. The molecule has 1 fully saturated rings. The summed E-state index contributed by atoms with van der Waals surface area (Å²) in [5.74, 6) is 0.863. The molecular formula is C15H22BrNO2. The molecule has 0 saturated carbocycles. The van der Waals surface area contributed by atoms with Gasteiger partial charge in [-0.15, -0.1) is 0 Å². The molecule has 1 N–H and O–H groups in total. The van der Waals surface area contributed by atoms with Gasteiger partial charge in [0.15, 0.2) is 0 Å². The van der Waals surface area contributed by atoms with Crippen molar-refractivity contribution >= 4 is 15.9 Å². The van der Waals surface area contributed by atoms with Crippen LogP contribution in [-0.4, -0.2) is 25.9 Å². The Hall–Kier alpha value is -0.580. The van der Waals surface area contributed by atoms with Crippen LogP contribution in [0.2, 0.25) is 0 Å². The summed E-state index contributed by atoms with van der Waals surface area (Å²) in [6.07, 6.45) is 2.31. The van der Waals surface area contributed by atoms with E-state index in [9.17, 15) is 0 Å². The predicted molar refractivity (Wildman–Crippen MR) is 80.7 cm³/mol. The van der Waals surface area contributed by atoms with Gasteiger partial charge in [0.1, 0.15) is 5.75 Å². The number of hydrogen-bond acceptors (Lipinski definition) is 3. The van der Waals surface area contributed by atoms with E-state index in [0.717, 1.165) is 29.8 Å². The Bertz CT molecular complexity index is 430. The first-order chi connectivity index (χ1) is 9.04. The fourth-order valence-corrected chi connectivity index (χ4v) is 2.97. The Balaban J connectivity index is 1.95. The number of ether oxygens (including phenoxy) is 2. The summed E-state index contributed by atoms with van der Waals surface area (Å²) in [6, 6.07) is 6.49. The lowest BCUT2D eigenvalue weighted by molar-refractivity contribution is 0.0191. The number of halogens is 1. The lowest BCUT2D eigenvalue weighted by atomic mass is 10.0. The first-order valence-corrected chi connectivity index (χ1v) is 7.54. The van der Waals surface area contributed by atoms with Gasteiger partial charge in [-0.25, -0.2) is 0 Å². The van der Waals surface area contributed by atoms with Gasteiger partial charge in [0.2, 0.25) is 0 Å². The van der Waals surface area contributed by atoms with Crippen LogP contribution in [0.1, 0.15) is 38.3 Å². The zero-order chi connectivity index (χ0) is 13.9. The fraction of sp³-hybridized carbons (Fsp3) is 0.600. The topological polar surface area (TPSA) is 30.5 Å². The minimum atomic E-state index is -0.00202. The van der Waals surface area contributed by atoms with Crippen molar-refractivity contribution < 1.29 is 9.47 Å². The van der Waals surface area contributed by atoms with Crippen molar-refractivity contribution in [3.63, 3.8) is 0 Å². The normalized spacial score (nSPS) is 24.4. The van der Waals surface area contributed by atoms with E-state index in [-0.39, 0.29) is 5.60 Å². The maximum absolute atomic E-state index is 5.80. The summed E-state index contributed by atoms with van der Waals surface area (Å²) in [5, 5.41) is 3.56. The van der Waals surface area contributed by atoms with Crippen molar-refractivity contribution in [3.05, 3.63) is 28.2 Å². The quantitative estimate of drug-likeness (QED) is 0.894. The van der Waals surface area contributed by atoms with Crippen molar-refractivity contribution in [1.82, 2.24) is 5.32 Å². The molecule has 19 heavy (non-hydrogen) atoms. The maximum atomic E-state index is 5.80. The lowest BCUT2D eigenvalue weighted by Crippen LogP contribution is -2.38. The van der Waals surface area contributed by atoms with Crippen LogP contribution in [0.25, 0.3) is 0 Å². The largest absolute Gasteiger partial charge is 0.496 e. The molecule has 2 atom stereocenters. The van der Waals surface area contributed by atoms with Gasteiger partial charge < -0.3 is 14.8 Å². The molecule has 2 unspecified atom stereocenters. The van der Waals surface area contributed by atoms with Gasteiger partial charge in [-0.3, -0.25) is 0 Å². The highest BCUT2D eigenvalue weighted by Gasteiger charge is 2.29. The number of nitrogens with one attached hydrogen (secondary N) is 1. The molecule has 1 aromatic rings. The van der Waals surface area contributed by atoms with Gasteiger partial charge >= 0.3 is 0 Å². The maximum Gasteiger partial charge on any atom is 0.133 e. The molecule has 0 radical (unpaired) electrons. The van der Waals surface area contributed by atoms with Crippen molar-refractivity contribution in [2.24, 2.45) is 0 Å². The predicted octanol–water partition coefficient (Wildman–Crippen LogP) is 3.68. The molecule has 3 nitrogen and oxygen atoms in total. The second kappa shape index (κ2) is 6.25. The van der Waals surface area contributed by atoms with Gasteiger partial charge in [-0.1, -0.05) is 6.07 Å². The van der Waals surface area contributed by atoms with Crippen LogP contribution in [0.15, 0.2) is 22.7 Å². The van der Waals surface area contributed by atoms with Gasteiger partial charge in [-0.2, -0.15) is 0 Å². The third-order valence-corrected chi connectivity index (χ3v) is 4.38. The summed E-state index contributed by atoms with van der Waals surface area (Å²) in [6.45, 7) is 6.13. The Morgan fingerprint density at radius 1 is 1.53 bits per heavy atom. The zero-order valence-electron chi connectivity index (χ0n) is 11.8. The minimum absolute atomic E-state index is 0.00202. The Kier molecular flexibility index (Phi) is 4.87. The van der Waals surface area contributed by atoms with E-state index in [1.165, 1.54) is 12.0 Å². The molecule has 1 aliphatic rings. The van der Waals surface area contributed by atoms with E-state index >= 15 is 0 Å². The minimum Gasteiger partial charge on any atom is -0.496 e. The molecule has 0 aliphatic carbocycles. The smallest absolute Gasteiger partial charge is 0.133 e. The van der Waals surface area contributed by atoms with E-state index < -0.39 is 0 Å². The standard InChI is InChI=1S/C15H22BrNO2/c1-11(17-10-15(2)7-4-8-19-15)12-5-6-14(18-3)13(16)9-12/h5-6,9,11,17H,4,7-8,10H2,1-3H3. The van der Waals surface area contributed by atoms with Crippen LogP contribution in [0.5, 0.6) is 5.75 Å². The van der Waals surface area contributed by atoms with Crippen molar-refractivity contribution in [2.45, 2.75) is 38.3 Å². The van der Waals surface area contributed by atoms with E-state index in [0.29, 0.717) is 6.04 Å². The van der Waals surface area contributed by atoms with E-state index in [1.54, 1.807) is 7.11 Å². The highest BCUT2D eigenvalue weighted by atomic mass is 79.9. The Morgan fingerprint density at radius 3 is 2.89 bits per heavy atom. The average Bonchev–Trinajstić information content (AvgIpc) is 2.83. The van der Waals surface area contributed by atoms with Gasteiger partial charge in [-0.05, 0) is 60.3 Å². The van der Waals surface area contributed by atoms with Crippen molar-refractivity contribution in [1.29, 1.82) is 0 Å². The molecule has 1 heterocycles. The van der Waals surface area contributed by atoms with Crippen LogP contribution in [0.3, 0.4) is 0 Å². The fourth-order valence-electron chi connectivity index (χ4n) is 2.42. The molecule has 4 heteroatoms. The monoisotopic (exact) mass is 327 g/mol. The SMILES string of the molecule is COc1ccc(C(C)NCC2(C)CCCO2)cc1Br. The number of hydrogen-bond donors (Lipinski definition) is 1. The summed E-state index contributed by atoms with van der Waals surface area (Å²) in [4.78, 5) is 0. The summed E-state index contributed by atoms with van der Waals surface area (Å²) in [7, 11) is 1.68.